The van der Waals surface area contributed by atoms with Gasteiger partial charge in [0.15, 0.2) is 5.69 Å². The molecule has 2 aromatic heterocycles. The van der Waals surface area contributed by atoms with Crippen molar-refractivity contribution in [3.8, 4) is 11.3 Å². The van der Waals surface area contributed by atoms with Gasteiger partial charge >= 0.3 is 5.97 Å². The molecule has 0 aliphatic carbocycles. The van der Waals surface area contributed by atoms with Crippen LogP contribution in [0.5, 0.6) is 0 Å². The highest BCUT2D eigenvalue weighted by molar-refractivity contribution is 5.94. The number of aromatic carboxylic acids is 1. The Hall–Kier alpha value is -2.69. The third kappa shape index (κ3) is 1.84. The molecule has 0 aliphatic rings. The maximum Gasteiger partial charge on any atom is 0.355 e. The molecule has 0 aliphatic heterocycles. The first-order valence-corrected chi connectivity index (χ1v) is 6.05. The van der Waals surface area contributed by atoms with Gasteiger partial charge in [-0.3, -0.25) is 4.40 Å². The lowest BCUT2D eigenvalue weighted by Crippen LogP contribution is -2.04. The third-order valence-corrected chi connectivity index (χ3v) is 3.11. The molecule has 0 saturated carbocycles. The maximum atomic E-state index is 13.9. The van der Waals surface area contributed by atoms with Crippen LogP contribution in [-0.2, 0) is 0 Å². The van der Waals surface area contributed by atoms with E-state index in [4.69, 9.17) is 0 Å². The summed E-state index contributed by atoms with van der Waals surface area (Å²) in [7, 11) is 0. The summed E-state index contributed by atoms with van der Waals surface area (Å²) in [6, 6.07) is 9.56. The highest BCUT2D eigenvalue weighted by Crippen LogP contribution is 2.27. The second-order valence-electron chi connectivity index (χ2n) is 4.53. The highest BCUT2D eigenvalue weighted by atomic mass is 19.1. The molecule has 100 valence electrons. The Bertz CT molecular complexity index is 824. The van der Waals surface area contributed by atoms with E-state index in [1.807, 2.05) is 6.92 Å². The van der Waals surface area contributed by atoms with Gasteiger partial charge in [0, 0.05) is 11.8 Å². The first-order chi connectivity index (χ1) is 9.58. The molecule has 1 N–H and O–H groups in total. The number of carboxylic acids is 1. The molecule has 0 atom stereocenters. The molecule has 3 rings (SSSR count). The molecule has 1 aromatic carbocycles. The van der Waals surface area contributed by atoms with E-state index in [0.29, 0.717) is 5.65 Å². The van der Waals surface area contributed by atoms with Crippen LogP contribution in [0.4, 0.5) is 4.39 Å². The largest absolute Gasteiger partial charge is 0.476 e. The Kier molecular flexibility index (Phi) is 2.75. The van der Waals surface area contributed by atoms with Crippen molar-refractivity contribution < 1.29 is 14.3 Å². The van der Waals surface area contributed by atoms with Crippen LogP contribution in [0, 0.1) is 12.7 Å². The number of hydrogen-bond acceptors (Lipinski definition) is 2. The van der Waals surface area contributed by atoms with E-state index in [-0.39, 0.29) is 17.0 Å². The van der Waals surface area contributed by atoms with Crippen molar-refractivity contribution in [3.63, 3.8) is 0 Å². The first kappa shape index (κ1) is 12.3. The van der Waals surface area contributed by atoms with Gasteiger partial charge in [-0.15, -0.1) is 0 Å². The summed E-state index contributed by atoms with van der Waals surface area (Å²) in [5, 5.41) is 9.39. The number of rotatable bonds is 2. The van der Waals surface area contributed by atoms with Crippen LogP contribution >= 0.6 is 0 Å². The molecule has 0 fully saturated rings. The van der Waals surface area contributed by atoms with Gasteiger partial charge in [-0.25, -0.2) is 14.2 Å². The lowest BCUT2D eigenvalue weighted by Gasteiger charge is -2.01. The van der Waals surface area contributed by atoms with Crippen molar-refractivity contribution in [1.29, 1.82) is 0 Å². The molecule has 0 spiro atoms. The molecular formula is C15H11FN2O2. The molecule has 0 bridgehead atoms. The number of aryl methyl sites for hydroxylation is 1. The maximum absolute atomic E-state index is 13.9. The van der Waals surface area contributed by atoms with Gasteiger partial charge in [0.1, 0.15) is 17.2 Å². The Morgan fingerprint density at radius 2 is 2.05 bits per heavy atom. The van der Waals surface area contributed by atoms with Gasteiger partial charge in [-0.2, -0.15) is 0 Å². The topological polar surface area (TPSA) is 54.6 Å². The van der Waals surface area contributed by atoms with E-state index in [9.17, 15) is 14.3 Å². The molecule has 0 saturated heterocycles. The van der Waals surface area contributed by atoms with Crippen LogP contribution in [0.2, 0.25) is 0 Å². The van der Waals surface area contributed by atoms with E-state index in [1.165, 1.54) is 16.5 Å². The number of hydrogen-bond donors (Lipinski definition) is 1. The molecule has 0 radical (unpaired) electrons. The molecule has 0 amide bonds. The number of halogens is 1. The Morgan fingerprint density at radius 1 is 1.30 bits per heavy atom. The van der Waals surface area contributed by atoms with Crippen molar-refractivity contribution in [2.75, 3.05) is 0 Å². The molecule has 0 unspecified atom stereocenters. The van der Waals surface area contributed by atoms with Crippen molar-refractivity contribution in [2.24, 2.45) is 0 Å². The van der Waals surface area contributed by atoms with E-state index >= 15 is 0 Å². The van der Waals surface area contributed by atoms with Gasteiger partial charge in [0.2, 0.25) is 0 Å². The molecule has 2 heterocycles. The van der Waals surface area contributed by atoms with E-state index in [1.54, 1.807) is 30.5 Å². The van der Waals surface area contributed by atoms with Crippen molar-refractivity contribution in [2.45, 2.75) is 6.92 Å². The van der Waals surface area contributed by atoms with E-state index in [0.717, 1.165) is 5.56 Å². The van der Waals surface area contributed by atoms with Crippen LogP contribution in [0.1, 0.15) is 16.1 Å². The van der Waals surface area contributed by atoms with Gasteiger partial charge in [-0.05, 0) is 36.8 Å². The van der Waals surface area contributed by atoms with Crippen molar-refractivity contribution in [3.05, 3.63) is 59.7 Å². The normalized spacial score (nSPS) is 10.9. The SMILES string of the molecule is Cc1ccn2c(C(=O)O)c(-c3ccccc3F)nc2c1. The minimum absolute atomic E-state index is 0.0369. The average molecular weight is 270 g/mol. The summed E-state index contributed by atoms with van der Waals surface area (Å²) < 4.78 is 15.3. The summed E-state index contributed by atoms with van der Waals surface area (Å²) in [5.74, 6) is -1.63. The summed E-state index contributed by atoms with van der Waals surface area (Å²) in [4.78, 5) is 15.8. The second-order valence-corrected chi connectivity index (χ2v) is 4.53. The lowest BCUT2D eigenvalue weighted by atomic mass is 10.1. The fourth-order valence-electron chi connectivity index (χ4n) is 2.19. The number of carboxylic acid groups (broad SMARTS) is 1. The van der Waals surface area contributed by atoms with E-state index < -0.39 is 11.8 Å². The number of benzene rings is 1. The summed E-state index contributed by atoms with van der Waals surface area (Å²) in [5.41, 5.74) is 1.73. The van der Waals surface area contributed by atoms with Crippen LogP contribution in [0.3, 0.4) is 0 Å². The number of fused-ring (bicyclic) bond motifs is 1. The van der Waals surface area contributed by atoms with Gasteiger partial charge in [-0.1, -0.05) is 12.1 Å². The van der Waals surface area contributed by atoms with Gasteiger partial charge < -0.3 is 5.11 Å². The fraction of sp³-hybridized carbons (Fsp3) is 0.0667. The molecule has 20 heavy (non-hydrogen) atoms. The third-order valence-electron chi connectivity index (χ3n) is 3.11. The second kappa shape index (κ2) is 4.45. The zero-order valence-corrected chi connectivity index (χ0v) is 10.7. The summed E-state index contributed by atoms with van der Waals surface area (Å²) in [6.07, 6.45) is 1.63. The van der Waals surface area contributed by atoms with E-state index in [2.05, 4.69) is 4.98 Å². The number of imidazole rings is 1. The summed E-state index contributed by atoms with van der Waals surface area (Å²) >= 11 is 0. The first-order valence-electron chi connectivity index (χ1n) is 6.05. The van der Waals surface area contributed by atoms with Gasteiger partial charge in [0.25, 0.3) is 0 Å². The van der Waals surface area contributed by atoms with Crippen molar-refractivity contribution >= 4 is 11.6 Å². The number of pyridine rings is 1. The Morgan fingerprint density at radius 3 is 2.75 bits per heavy atom. The van der Waals surface area contributed by atoms with Gasteiger partial charge in [0.05, 0.1) is 0 Å². The predicted molar refractivity (Wildman–Crippen MR) is 72.3 cm³/mol. The molecular weight excluding hydrogens is 259 g/mol. The van der Waals surface area contributed by atoms with Crippen LogP contribution in [-0.4, -0.2) is 20.5 Å². The smallest absolute Gasteiger partial charge is 0.355 e. The minimum atomic E-state index is -1.14. The highest BCUT2D eigenvalue weighted by Gasteiger charge is 2.21. The standard InChI is InChI=1S/C15H11FN2O2/c1-9-6-7-18-12(8-9)17-13(14(18)15(19)20)10-4-2-3-5-11(10)16/h2-8H,1H3,(H,19,20). The predicted octanol–water partition coefficient (Wildman–Crippen LogP) is 3.15. The monoisotopic (exact) mass is 270 g/mol. The average Bonchev–Trinajstić information content (AvgIpc) is 2.77. The van der Waals surface area contributed by atoms with Crippen LogP contribution in [0.15, 0.2) is 42.6 Å². The quantitative estimate of drug-likeness (QED) is 0.778. The van der Waals surface area contributed by atoms with Crippen molar-refractivity contribution in [1.82, 2.24) is 9.38 Å². The van der Waals surface area contributed by atoms with Crippen LogP contribution < -0.4 is 0 Å². The zero-order valence-electron chi connectivity index (χ0n) is 10.7. The summed E-state index contributed by atoms with van der Waals surface area (Å²) in [6.45, 7) is 1.89. The molecule has 4 nitrogen and oxygen atoms in total. The minimum Gasteiger partial charge on any atom is -0.476 e. The van der Waals surface area contributed by atoms with Crippen LogP contribution in [0.25, 0.3) is 16.9 Å². The number of carbonyl (C=O) groups is 1. The lowest BCUT2D eigenvalue weighted by molar-refractivity contribution is 0.0690. The molecule has 5 heteroatoms. The molecule has 3 aromatic rings. The Balaban J connectivity index is 2.38. The number of nitrogens with zero attached hydrogens (tertiary/aromatic N) is 2. The zero-order chi connectivity index (χ0) is 14.3. The number of aromatic nitrogens is 2. The Labute approximate surface area is 114 Å². The fourth-order valence-corrected chi connectivity index (χ4v) is 2.19.